The number of carbonyl (C=O) groups excluding carboxylic acids is 1. The summed E-state index contributed by atoms with van der Waals surface area (Å²) in [4.78, 5) is 17.7. The minimum atomic E-state index is -0.340. The average molecular weight is 311 g/mol. The number of amides is 1. The second kappa shape index (κ2) is 7.33. The first kappa shape index (κ1) is 15.7. The number of halogens is 1. The third-order valence-corrected chi connectivity index (χ3v) is 4.05. The van der Waals surface area contributed by atoms with E-state index in [0.29, 0.717) is 23.8 Å². The summed E-state index contributed by atoms with van der Waals surface area (Å²) in [6.45, 7) is 1.39. The van der Waals surface area contributed by atoms with Gasteiger partial charge in [0.05, 0.1) is 11.2 Å². The fourth-order valence-corrected chi connectivity index (χ4v) is 2.79. The summed E-state index contributed by atoms with van der Waals surface area (Å²) < 4.78 is 19.3. The summed E-state index contributed by atoms with van der Waals surface area (Å²) in [6, 6.07) is 4.86. The van der Waals surface area contributed by atoms with E-state index in [0.717, 1.165) is 11.1 Å². The Morgan fingerprint density at radius 1 is 1.52 bits per heavy atom. The largest absolute Gasteiger partial charge is 0.385 e. The molecule has 0 aliphatic carbocycles. The zero-order valence-electron chi connectivity index (χ0n) is 12.1. The van der Waals surface area contributed by atoms with E-state index in [2.05, 4.69) is 10.3 Å². The molecule has 2 rings (SSSR count). The minimum Gasteiger partial charge on any atom is -0.385 e. The van der Waals surface area contributed by atoms with Crippen LogP contribution in [0, 0.1) is 5.82 Å². The molecule has 0 bridgehead atoms. The van der Waals surface area contributed by atoms with Gasteiger partial charge in [-0.1, -0.05) is 17.4 Å². The summed E-state index contributed by atoms with van der Waals surface area (Å²) in [6.07, 6.45) is 0.776. The number of anilines is 1. The number of nitrogens with one attached hydrogen (secondary N) is 1. The number of likely N-dealkylation sites (N-methyl/N-ethyl adjacent to an activating group) is 1. The Morgan fingerprint density at radius 3 is 3.05 bits per heavy atom. The molecule has 0 aliphatic heterocycles. The molecule has 0 atom stereocenters. The lowest BCUT2D eigenvalue weighted by Crippen LogP contribution is -2.35. The van der Waals surface area contributed by atoms with Crippen molar-refractivity contribution in [2.24, 2.45) is 0 Å². The van der Waals surface area contributed by atoms with E-state index in [4.69, 9.17) is 4.74 Å². The lowest BCUT2D eigenvalue weighted by Gasteiger charge is -2.15. The highest BCUT2D eigenvalue weighted by atomic mass is 32.1. The first-order valence-corrected chi connectivity index (χ1v) is 7.45. The van der Waals surface area contributed by atoms with E-state index in [-0.39, 0.29) is 18.3 Å². The lowest BCUT2D eigenvalue weighted by molar-refractivity contribution is -0.119. The van der Waals surface area contributed by atoms with Crippen molar-refractivity contribution in [2.75, 3.05) is 38.8 Å². The first-order valence-electron chi connectivity index (χ1n) is 6.63. The van der Waals surface area contributed by atoms with Crippen LogP contribution in [0.25, 0.3) is 10.2 Å². The molecule has 7 heteroatoms. The Morgan fingerprint density at radius 2 is 2.33 bits per heavy atom. The summed E-state index contributed by atoms with van der Waals surface area (Å²) in [5.41, 5.74) is 0.352. The van der Waals surface area contributed by atoms with Crippen LogP contribution in [0.15, 0.2) is 18.2 Å². The van der Waals surface area contributed by atoms with Crippen LogP contribution >= 0.6 is 11.3 Å². The number of carbonyl (C=O) groups is 1. The van der Waals surface area contributed by atoms with Gasteiger partial charge in [-0.15, -0.1) is 0 Å². The van der Waals surface area contributed by atoms with Gasteiger partial charge in [0.1, 0.15) is 11.3 Å². The highest BCUT2D eigenvalue weighted by Gasteiger charge is 2.13. The van der Waals surface area contributed by atoms with Crippen LogP contribution in [0.2, 0.25) is 0 Å². The molecule has 0 radical (unpaired) electrons. The van der Waals surface area contributed by atoms with Crippen LogP contribution in [0.3, 0.4) is 0 Å². The average Bonchev–Trinajstić information content (AvgIpc) is 2.89. The van der Waals surface area contributed by atoms with E-state index < -0.39 is 0 Å². The number of fused-ring (bicyclic) bond motifs is 1. The number of hydrogen-bond donors (Lipinski definition) is 1. The van der Waals surface area contributed by atoms with Gasteiger partial charge in [0.2, 0.25) is 5.91 Å². The number of aromatic nitrogens is 1. The molecule has 1 amide bonds. The van der Waals surface area contributed by atoms with Crippen LogP contribution < -0.4 is 10.2 Å². The van der Waals surface area contributed by atoms with Gasteiger partial charge < -0.3 is 15.0 Å². The fourth-order valence-electron chi connectivity index (χ4n) is 1.85. The van der Waals surface area contributed by atoms with E-state index >= 15 is 0 Å². The maximum Gasteiger partial charge on any atom is 0.239 e. The Kier molecular flexibility index (Phi) is 5.46. The maximum atomic E-state index is 13.6. The quantitative estimate of drug-likeness (QED) is 0.795. The van der Waals surface area contributed by atoms with Gasteiger partial charge in [-0.25, -0.2) is 9.37 Å². The number of methoxy groups -OCH3 is 1. The second-order valence-electron chi connectivity index (χ2n) is 4.64. The predicted molar refractivity (Wildman–Crippen MR) is 82.4 cm³/mol. The molecule has 1 aromatic heterocycles. The summed E-state index contributed by atoms with van der Waals surface area (Å²) in [7, 11) is 3.40. The van der Waals surface area contributed by atoms with Crippen molar-refractivity contribution in [3.05, 3.63) is 24.0 Å². The third kappa shape index (κ3) is 4.12. The van der Waals surface area contributed by atoms with Crippen LogP contribution in [0.4, 0.5) is 9.52 Å². The number of rotatable bonds is 7. The molecule has 0 unspecified atom stereocenters. The van der Waals surface area contributed by atoms with Crippen LogP contribution in [-0.2, 0) is 9.53 Å². The number of ether oxygens (including phenoxy) is 1. The molecule has 0 saturated heterocycles. The van der Waals surface area contributed by atoms with E-state index in [1.807, 2.05) is 6.07 Å². The topological polar surface area (TPSA) is 54.5 Å². The number of thiazole rings is 1. The highest BCUT2D eigenvalue weighted by molar-refractivity contribution is 7.22. The van der Waals surface area contributed by atoms with Gasteiger partial charge in [0.15, 0.2) is 5.13 Å². The fraction of sp³-hybridized carbons (Fsp3) is 0.429. The molecule has 0 spiro atoms. The predicted octanol–water partition coefficient (Wildman–Crippen LogP) is 2.02. The van der Waals surface area contributed by atoms with E-state index in [1.54, 1.807) is 25.1 Å². The Bertz CT molecular complexity index is 617. The summed E-state index contributed by atoms with van der Waals surface area (Å²) >= 11 is 1.37. The van der Waals surface area contributed by atoms with Crippen molar-refractivity contribution in [1.82, 2.24) is 10.3 Å². The van der Waals surface area contributed by atoms with Crippen LogP contribution in [0.1, 0.15) is 6.42 Å². The second-order valence-corrected chi connectivity index (χ2v) is 5.64. The Labute approximate surface area is 126 Å². The van der Waals surface area contributed by atoms with Crippen molar-refractivity contribution in [2.45, 2.75) is 6.42 Å². The van der Waals surface area contributed by atoms with Gasteiger partial charge in [-0.05, 0) is 18.6 Å². The van der Waals surface area contributed by atoms with Gasteiger partial charge in [0.25, 0.3) is 0 Å². The van der Waals surface area contributed by atoms with Gasteiger partial charge >= 0.3 is 0 Å². The standard InChI is InChI=1S/C14H18FN3O2S/c1-18(9-12(19)16-7-4-8-20-2)14-17-13-10(15)5-3-6-11(13)21-14/h3,5-6H,4,7-9H2,1-2H3,(H,16,19). The zero-order chi connectivity index (χ0) is 15.2. The molecule has 2 aromatic rings. The lowest BCUT2D eigenvalue weighted by atomic mass is 10.3. The van der Waals surface area contributed by atoms with Gasteiger partial charge in [-0.3, -0.25) is 4.79 Å². The van der Waals surface area contributed by atoms with Crippen molar-refractivity contribution >= 4 is 32.6 Å². The maximum absolute atomic E-state index is 13.6. The molecule has 5 nitrogen and oxygen atoms in total. The van der Waals surface area contributed by atoms with Crippen LogP contribution in [0.5, 0.6) is 0 Å². The third-order valence-electron chi connectivity index (χ3n) is 2.91. The normalized spacial score (nSPS) is 10.8. The Hall–Kier alpha value is -1.73. The molecule has 1 N–H and O–H groups in total. The van der Waals surface area contributed by atoms with Crippen molar-refractivity contribution < 1.29 is 13.9 Å². The van der Waals surface area contributed by atoms with E-state index in [1.165, 1.54) is 17.4 Å². The zero-order valence-corrected chi connectivity index (χ0v) is 12.9. The number of para-hydroxylation sites is 1. The van der Waals surface area contributed by atoms with Crippen molar-refractivity contribution in [3.8, 4) is 0 Å². The summed E-state index contributed by atoms with van der Waals surface area (Å²) in [5.74, 6) is -0.430. The molecule has 1 aromatic carbocycles. The van der Waals surface area contributed by atoms with Gasteiger partial charge in [-0.2, -0.15) is 0 Å². The molecule has 0 fully saturated rings. The number of benzene rings is 1. The van der Waals surface area contributed by atoms with Crippen molar-refractivity contribution in [3.63, 3.8) is 0 Å². The smallest absolute Gasteiger partial charge is 0.239 e. The molecule has 21 heavy (non-hydrogen) atoms. The van der Waals surface area contributed by atoms with Gasteiger partial charge in [0, 0.05) is 27.3 Å². The molecule has 0 aliphatic rings. The SMILES string of the molecule is COCCCNC(=O)CN(C)c1nc2c(F)cccc2s1. The molecule has 114 valence electrons. The van der Waals surface area contributed by atoms with E-state index in [9.17, 15) is 9.18 Å². The highest BCUT2D eigenvalue weighted by Crippen LogP contribution is 2.29. The summed E-state index contributed by atoms with van der Waals surface area (Å²) in [5, 5.41) is 3.43. The monoisotopic (exact) mass is 311 g/mol. The minimum absolute atomic E-state index is 0.0895. The molecular weight excluding hydrogens is 293 g/mol. The van der Waals surface area contributed by atoms with Crippen molar-refractivity contribution in [1.29, 1.82) is 0 Å². The molecule has 1 heterocycles. The molecular formula is C14H18FN3O2S. The first-order chi connectivity index (χ1) is 10.1. The van der Waals surface area contributed by atoms with Crippen LogP contribution in [-0.4, -0.2) is 44.7 Å². The number of hydrogen-bond acceptors (Lipinski definition) is 5. The Balaban J connectivity index is 1.94. The number of nitrogens with zero attached hydrogens (tertiary/aromatic N) is 2. The molecule has 0 saturated carbocycles.